The minimum Gasteiger partial charge on any atom is -0.359 e. The Morgan fingerprint density at radius 3 is 2.60 bits per heavy atom. The number of nitrogens with zero attached hydrogens (tertiary/aromatic N) is 1. The molecular weight excluding hydrogens is 254 g/mol. The van der Waals surface area contributed by atoms with E-state index in [9.17, 15) is 9.59 Å². The van der Waals surface area contributed by atoms with E-state index in [1.807, 2.05) is 37.3 Å². The molecule has 0 saturated carbocycles. The van der Waals surface area contributed by atoms with Crippen LogP contribution < -0.4 is 11.1 Å². The summed E-state index contributed by atoms with van der Waals surface area (Å²) in [6, 6.07) is 8.64. The summed E-state index contributed by atoms with van der Waals surface area (Å²) in [5, 5.41) is 2.66. The highest BCUT2D eigenvalue weighted by atomic mass is 16.2. The summed E-state index contributed by atoms with van der Waals surface area (Å²) in [6.07, 6.45) is 0.667. The molecule has 0 aliphatic carbocycles. The molecule has 1 saturated heterocycles. The maximum Gasteiger partial charge on any atom is 0.244 e. The fourth-order valence-corrected chi connectivity index (χ4v) is 2.64. The van der Waals surface area contributed by atoms with Crippen LogP contribution in [0.15, 0.2) is 30.3 Å². The number of hydrogen-bond donors (Lipinski definition) is 2. The number of nitrogens with two attached hydrogens (primary N) is 1. The molecule has 20 heavy (non-hydrogen) atoms. The third kappa shape index (κ3) is 2.67. The van der Waals surface area contributed by atoms with E-state index in [1.165, 1.54) is 0 Å². The quantitative estimate of drug-likeness (QED) is 0.851. The van der Waals surface area contributed by atoms with Gasteiger partial charge in [0.1, 0.15) is 6.04 Å². The number of likely N-dealkylation sites (tertiary alicyclic amines) is 1. The molecule has 2 amide bonds. The highest BCUT2D eigenvalue weighted by Crippen LogP contribution is 2.31. The van der Waals surface area contributed by atoms with Crippen LogP contribution >= 0.6 is 0 Å². The molecule has 5 heteroatoms. The van der Waals surface area contributed by atoms with E-state index >= 15 is 0 Å². The van der Waals surface area contributed by atoms with Gasteiger partial charge in [0.05, 0.1) is 5.41 Å². The zero-order valence-electron chi connectivity index (χ0n) is 11.9. The number of hydrogen-bond acceptors (Lipinski definition) is 3. The van der Waals surface area contributed by atoms with E-state index in [2.05, 4.69) is 5.32 Å². The number of rotatable bonds is 3. The Hall–Kier alpha value is -1.88. The highest BCUT2D eigenvalue weighted by Gasteiger charge is 2.42. The van der Waals surface area contributed by atoms with Gasteiger partial charge in [-0.15, -0.1) is 0 Å². The van der Waals surface area contributed by atoms with Gasteiger partial charge in [0, 0.05) is 20.1 Å². The lowest BCUT2D eigenvalue weighted by Gasteiger charge is -2.24. The molecule has 5 nitrogen and oxygen atoms in total. The minimum absolute atomic E-state index is 0.0268. The minimum atomic E-state index is -0.664. The fraction of sp³-hybridized carbons (Fsp3) is 0.467. The SMILES string of the molecule is CNC(=O)C1(C)CCN(C(=O)[C@@H](N)c2ccccc2)C1. The molecule has 1 fully saturated rings. The van der Waals surface area contributed by atoms with Crippen LogP contribution in [0, 0.1) is 5.41 Å². The summed E-state index contributed by atoms with van der Waals surface area (Å²) in [5.74, 6) is -0.148. The zero-order valence-corrected chi connectivity index (χ0v) is 11.9. The summed E-state index contributed by atoms with van der Waals surface area (Å²) < 4.78 is 0. The van der Waals surface area contributed by atoms with Gasteiger partial charge < -0.3 is 16.0 Å². The summed E-state index contributed by atoms with van der Waals surface area (Å²) >= 11 is 0. The van der Waals surface area contributed by atoms with Gasteiger partial charge in [-0.2, -0.15) is 0 Å². The Labute approximate surface area is 119 Å². The Bertz CT molecular complexity index is 503. The van der Waals surface area contributed by atoms with Gasteiger partial charge in [0.25, 0.3) is 0 Å². The molecule has 1 aromatic rings. The van der Waals surface area contributed by atoms with Crippen molar-refractivity contribution in [1.29, 1.82) is 0 Å². The van der Waals surface area contributed by atoms with Gasteiger partial charge in [-0.3, -0.25) is 9.59 Å². The second kappa shape index (κ2) is 5.63. The topological polar surface area (TPSA) is 75.4 Å². The Morgan fingerprint density at radius 2 is 2.00 bits per heavy atom. The molecule has 3 N–H and O–H groups in total. The molecule has 1 aliphatic rings. The Balaban J connectivity index is 2.07. The molecule has 0 spiro atoms. The van der Waals surface area contributed by atoms with Crippen LogP contribution in [0.3, 0.4) is 0 Å². The first-order chi connectivity index (χ1) is 9.48. The molecule has 0 bridgehead atoms. The largest absolute Gasteiger partial charge is 0.359 e. The standard InChI is InChI=1S/C15H21N3O2/c1-15(14(20)17-2)8-9-18(10-15)13(19)12(16)11-6-4-3-5-7-11/h3-7,12H,8-10,16H2,1-2H3,(H,17,20)/t12-,15?/m0/s1. The molecule has 2 atom stereocenters. The predicted molar refractivity (Wildman–Crippen MR) is 76.7 cm³/mol. The van der Waals surface area contributed by atoms with Crippen LogP contribution in [0.5, 0.6) is 0 Å². The zero-order chi connectivity index (χ0) is 14.8. The van der Waals surface area contributed by atoms with Gasteiger partial charge in [-0.1, -0.05) is 30.3 Å². The van der Waals surface area contributed by atoms with E-state index in [0.29, 0.717) is 19.5 Å². The number of benzene rings is 1. The monoisotopic (exact) mass is 275 g/mol. The first-order valence-corrected chi connectivity index (χ1v) is 6.79. The molecule has 1 aliphatic heterocycles. The maximum absolute atomic E-state index is 12.4. The van der Waals surface area contributed by atoms with Crippen molar-refractivity contribution in [3.8, 4) is 0 Å². The van der Waals surface area contributed by atoms with E-state index in [1.54, 1.807) is 11.9 Å². The van der Waals surface area contributed by atoms with Crippen LogP contribution in [0.4, 0.5) is 0 Å². The molecule has 0 aromatic heterocycles. The lowest BCUT2D eigenvalue weighted by Crippen LogP contribution is -2.42. The highest BCUT2D eigenvalue weighted by molar-refractivity contribution is 5.87. The normalized spacial score (nSPS) is 23.4. The molecule has 1 unspecified atom stereocenters. The van der Waals surface area contributed by atoms with Crippen LogP contribution in [-0.4, -0.2) is 36.9 Å². The van der Waals surface area contributed by atoms with Crippen molar-refractivity contribution in [1.82, 2.24) is 10.2 Å². The predicted octanol–water partition coefficient (Wildman–Crippen LogP) is 0.671. The molecule has 2 rings (SSSR count). The second-order valence-corrected chi connectivity index (χ2v) is 5.54. The number of nitrogens with one attached hydrogen (secondary N) is 1. The summed E-state index contributed by atoms with van der Waals surface area (Å²) in [7, 11) is 1.62. The Morgan fingerprint density at radius 1 is 1.35 bits per heavy atom. The van der Waals surface area contributed by atoms with Crippen molar-refractivity contribution < 1.29 is 9.59 Å². The number of amides is 2. The first kappa shape index (κ1) is 14.5. The van der Waals surface area contributed by atoms with Gasteiger partial charge >= 0.3 is 0 Å². The first-order valence-electron chi connectivity index (χ1n) is 6.79. The third-order valence-electron chi connectivity index (χ3n) is 3.98. The van der Waals surface area contributed by atoms with Gasteiger partial charge in [0.2, 0.25) is 11.8 Å². The molecule has 1 aromatic carbocycles. The van der Waals surface area contributed by atoms with E-state index in [4.69, 9.17) is 5.73 Å². The van der Waals surface area contributed by atoms with Crippen molar-refractivity contribution in [3.63, 3.8) is 0 Å². The average Bonchev–Trinajstić information content (AvgIpc) is 2.89. The second-order valence-electron chi connectivity index (χ2n) is 5.54. The van der Waals surface area contributed by atoms with Crippen molar-refractivity contribution in [2.75, 3.05) is 20.1 Å². The molecule has 0 radical (unpaired) electrons. The summed E-state index contributed by atoms with van der Waals surface area (Å²) in [6.45, 7) is 2.88. The van der Waals surface area contributed by atoms with Crippen molar-refractivity contribution in [2.24, 2.45) is 11.1 Å². The molecule has 108 valence electrons. The van der Waals surface area contributed by atoms with E-state index < -0.39 is 11.5 Å². The maximum atomic E-state index is 12.4. The number of carbonyl (C=O) groups is 2. The van der Waals surface area contributed by atoms with Crippen molar-refractivity contribution in [3.05, 3.63) is 35.9 Å². The Kier molecular flexibility index (Phi) is 4.09. The third-order valence-corrected chi connectivity index (χ3v) is 3.98. The van der Waals surface area contributed by atoms with Crippen LogP contribution in [0.2, 0.25) is 0 Å². The van der Waals surface area contributed by atoms with Crippen LogP contribution in [0.25, 0.3) is 0 Å². The average molecular weight is 275 g/mol. The lowest BCUT2D eigenvalue weighted by atomic mass is 9.89. The van der Waals surface area contributed by atoms with E-state index in [0.717, 1.165) is 5.56 Å². The van der Waals surface area contributed by atoms with Crippen LogP contribution in [0.1, 0.15) is 24.9 Å². The van der Waals surface area contributed by atoms with Gasteiger partial charge in [0.15, 0.2) is 0 Å². The summed E-state index contributed by atoms with van der Waals surface area (Å²) in [5.41, 5.74) is 6.31. The van der Waals surface area contributed by atoms with Crippen molar-refractivity contribution >= 4 is 11.8 Å². The smallest absolute Gasteiger partial charge is 0.244 e. The molecular formula is C15H21N3O2. The van der Waals surface area contributed by atoms with Crippen LogP contribution in [-0.2, 0) is 9.59 Å². The molecule has 1 heterocycles. The number of carbonyl (C=O) groups excluding carboxylic acids is 2. The lowest BCUT2D eigenvalue weighted by molar-refractivity contribution is -0.133. The van der Waals surface area contributed by atoms with Gasteiger partial charge in [-0.05, 0) is 18.9 Å². The summed E-state index contributed by atoms with van der Waals surface area (Å²) in [4.78, 5) is 26.0. The van der Waals surface area contributed by atoms with E-state index in [-0.39, 0.29) is 11.8 Å². The fourth-order valence-electron chi connectivity index (χ4n) is 2.64. The van der Waals surface area contributed by atoms with Crippen molar-refractivity contribution in [2.45, 2.75) is 19.4 Å². The van der Waals surface area contributed by atoms with Gasteiger partial charge in [-0.25, -0.2) is 0 Å².